The number of rotatable bonds is 19. The number of anilines is 4. The summed E-state index contributed by atoms with van der Waals surface area (Å²) in [5.74, 6) is -7.24. The largest absolute Gasteiger partial charge is 0.405 e. The number of aryl methyl sites for hydroxylation is 2. The molecule has 0 saturated carbocycles. The summed E-state index contributed by atoms with van der Waals surface area (Å²) in [6, 6.07) is 3.64. The maximum Gasteiger partial charge on any atom is 0.405 e. The second kappa shape index (κ2) is 34.9. The van der Waals surface area contributed by atoms with E-state index in [1.807, 2.05) is 40.7 Å². The van der Waals surface area contributed by atoms with Crippen LogP contribution in [0.3, 0.4) is 0 Å². The summed E-state index contributed by atoms with van der Waals surface area (Å²) in [5, 5.41) is 19.3. The van der Waals surface area contributed by atoms with E-state index < -0.39 is 123 Å². The second-order valence-electron chi connectivity index (χ2n) is 27.4. The minimum absolute atomic E-state index is 0. The van der Waals surface area contributed by atoms with Crippen molar-refractivity contribution in [2.75, 3.05) is 66.4 Å². The van der Waals surface area contributed by atoms with Crippen LogP contribution in [-0.4, -0.2) is 197 Å². The average molecular weight is 1720 g/mol. The Hall–Kier alpha value is -11.5. The number of likely N-dealkylation sites (N-methyl/N-ethyl adjacent to an activating group) is 1. The van der Waals surface area contributed by atoms with Gasteiger partial charge in [-0.05, 0) is 72.7 Å². The molecule has 624 valence electrons. The van der Waals surface area contributed by atoms with Crippen LogP contribution in [-0.2, 0) is 19.2 Å². The van der Waals surface area contributed by atoms with E-state index in [9.17, 15) is 71.9 Å². The number of aromatic amines is 4. The van der Waals surface area contributed by atoms with Gasteiger partial charge in [0, 0.05) is 151 Å². The van der Waals surface area contributed by atoms with E-state index in [2.05, 4.69) is 101 Å². The lowest BCUT2D eigenvalue weighted by molar-refractivity contribution is -0.139. The topological polar surface area (TPSA) is 365 Å². The Morgan fingerprint density at radius 1 is 0.517 bits per heavy atom. The summed E-state index contributed by atoms with van der Waals surface area (Å²) in [6.45, 7) is 7.80. The van der Waals surface area contributed by atoms with E-state index in [0.29, 0.717) is 99.3 Å². The average Bonchev–Trinajstić information content (AvgIpc) is 1.59. The van der Waals surface area contributed by atoms with Crippen LogP contribution >= 0.6 is 46.4 Å². The number of nitrogens with one attached hydrogen (secondary N) is 10. The monoisotopic (exact) mass is 1710 g/mol. The number of pyridine rings is 4. The van der Waals surface area contributed by atoms with Crippen LogP contribution in [0.5, 0.6) is 0 Å². The second-order valence-corrected chi connectivity index (χ2v) is 29.1. The Morgan fingerprint density at radius 2 is 0.871 bits per heavy atom. The molecule has 14 rings (SSSR count). The Balaban J connectivity index is 0.000000285. The number of fused-ring (bicyclic) bond motifs is 4. The summed E-state index contributed by atoms with van der Waals surface area (Å²) in [5.41, 5.74) is 4.44. The highest BCUT2D eigenvalue weighted by atomic mass is 35.5. The van der Waals surface area contributed by atoms with Crippen molar-refractivity contribution in [3.8, 4) is 45.6 Å². The molecule has 12 aromatic heterocycles. The van der Waals surface area contributed by atoms with E-state index in [1.165, 1.54) is 24.8 Å². The van der Waals surface area contributed by atoms with E-state index in [4.69, 9.17) is 46.4 Å². The molecule has 10 N–H and O–H groups in total. The van der Waals surface area contributed by atoms with Crippen molar-refractivity contribution in [2.24, 2.45) is 0 Å². The van der Waals surface area contributed by atoms with E-state index >= 15 is 0 Å². The zero-order valence-electron chi connectivity index (χ0n) is 61.8. The van der Waals surface area contributed by atoms with Crippen LogP contribution in [0.2, 0.25) is 20.1 Å². The van der Waals surface area contributed by atoms with Crippen molar-refractivity contribution >= 4 is 137 Å². The standard InChI is InChI=1S/C18H13ClF6N6O.C18H14ClF5N6O.C18H20ClFN6O.C18H21ClN6O.6H2/c19-8-1-9-10(4-27-13(9)26-3-8)14-28-5-11(20)15(30-14)31-7-17(21,22)2-12(31)16(32)29-6-18(23,24)25;19-8-1-10-11(4-26-14(10)25-3-8)15-27-5-12(21)16(29-15)30-6-9(20)2-13(30)17(31)28-7-18(22,23)24;1-10-7-22-16(13-9-24-15-12(13)6-11(19)8-23-15)25-14(10)26-18(2,3)17(27)21-5-4-20;1-5-20-17(26)18(3,4)25-14-10(2)7-21-16(24-14)13-9-23-15-12(13)6-11(19)8-22-15;;;;;;/h1,3-5,12H,2,6-7H2,(H,26,27)(H,29,32);1,3-5,9,13H,2,6-7H2,(H,25,26)(H,28,31);6-9H,4-5H2,1-3H3,(H,21,27)(H,23,24)(H,22,25,26);6-9H,5H2,1-4H3,(H,20,26)(H,22,23)(H,21,24,25);6*1H/t12-;9-,13+;;;;;;;;/m10......../s1. The Labute approximate surface area is 678 Å². The first-order chi connectivity index (χ1) is 54.7. The normalized spacial score (nSPS) is 15.5. The van der Waals surface area contributed by atoms with Crippen LogP contribution in [0.25, 0.3) is 89.7 Å². The first kappa shape index (κ1) is 85.4. The maximum atomic E-state index is 14.5. The molecule has 12 aromatic rings. The summed E-state index contributed by atoms with van der Waals surface area (Å²) in [4.78, 5) is 113. The molecule has 2 aliphatic heterocycles. The van der Waals surface area contributed by atoms with Crippen LogP contribution in [0.1, 0.15) is 67.1 Å². The molecular weight excluding hydrogens is 1630 g/mol. The fourth-order valence-electron chi connectivity index (χ4n) is 12.0. The zero-order valence-corrected chi connectivity index (χ0v) is 64.8. The third kappa shape index (κ3) is 20.4. The number of aromatic nitrogens is 16. The van der Waals surface area contributed by atoms with Crippen molar-refractivity contribution in [3.63, 3.8) is 0 Å². The lowest BCUT2D eigenvalue weighted by Crippen LogP contribution is -2.48. The van der Waals surface area contributed by atoms with Gasteiger partial charge in [-0.3, -0.25) is 19.2 Å². The predicted molar refractivity (Wildman–Crippen MR) is 423 cm³/mol. The highest BCUT2D eigenvalue weighted by Gasteiger charge is 2.50. The summed E-state index contributed by atoms with van der Waals surface area (Å²) in [7, 11) is 0. The van der Waals surface area contributed by atoms with E-state index in [0.717, 1.165) is 50.3 Å². The van der Waals surface area contributed by atoms with Crippen molar-refractivity contribution in [1.29, 1.82) is 0 Å². The molecule has 0 spiro atoms. The van der Waals surface area contributed by atoms with Gasteiger partial charge in [-0.25, -0.2) is 86.2 Å². The van der Waals surface area contributed by atoms with Gasteiger partial charge < -0.3 is 61.6 Å². The van der Waals surface area contributed by atoms with Gasteiger partial charge in [-0.1, -0.05) is 46.4 Å². The quantitative estimate of drug-likeness (QED) is 0.0336. The predicted octanol–water partition coefficient (Wildman–Crippen LogP) is 15.2. The van der Waals surface area contributed by atoms with Crippen molar-refractivity contribution in [1.82, 2.24) is 101 Å². The fraction of sp³-hybridized carbons (Fsp3) is 0.333. The third-order valence-corrected chi connectivity index (χ3v) is 18.5. The van der Waals surface area contributed by atoms with Gasteiger partial charge >= 0.3 is 12.4 Å². The number of halogens is 16. The molecule has 44 heteroatoms. The summed E-state index contributed by atoms with van der Waals surface area (Å²) >= 11 is 24.0. The molecule has 3 atom stereocenters. The summed E-state index contributed by atoms with van der Waals surface area (Å²) in [6.07, 6.45) is 5.10. The zero-order chi connectivity index (χ0) is 84.1. The first-order valence-corrected chi connectivity index (χ1v) is 36.4. The van der Waals surface area contributed by atoms with Gasteiger partial charge in [0.1, 0.15) is 83.3 Å². The molecule has 2 fully saturated rings. The minimum Gasteiger partial charge on any atom is -0.356 e. The first-order valence-electron chi connectivity index (χ1n) is 34.9. The third-order valence-electron chi connectivity index (χ3n) is 17.7. The Kier molecular flexibility index (Phi) is 25.7. The fourth-order valence-corrected chi connectivity index (χ4v) is 12.7. The Bertz CT molecular complexity index is 5670. The molecule has 0 bridgehead atoms. The lowest BCUT2D eigenvalue weighted by Gasteiger charge is -2.26. The number of alkyl halides is 10. The molecule has 4 amide bonds. The van der Waals surface area contributed by atoms with Crippen LogP contribution in [0, 0.1) is 25.5 Å². The molecule has 0 unspecified atom stereocenters. The van der Waals surface area contributed by atoms with Gasteiger partial charge in [0.2, 0.25) is 23.6 Å². The molecule has 2 saturated heterocycles. The Morgan fingerprint density at radius 3 is 1.24 bits per heavy atom. The van der Waals surface area contributed by atoms with Gasteiger partial charge in [0.25, 0.3) is 5.92 Å². The smallest absolute Gasteiger partial charge is 0.356 e. The molecule has 116 heavy (non-hydrogen) atoms. The highest BCUT2D eigenvalue weighted by molar-refractivity contribution is 6.32. The van der Waals surface area contributed by atoms with Crippen LogP contribution in [0.15, 0.2) is 98.6 Å². The van der Waals surface area contributed by atoms with Gasteiger partial charge in [0.15, 0.2) is 46.6 Å². The van der Waals surface area contributed by atoms with Crippen molar-refractivity contribution in [3.05, 3.63) is 141 Å². The number of H-pyrrole nitrogens is 4. The molecule has 0 aliphatic carbocycles. The molecule has 0 aromatic carbocycles. The van der Waals surface area contributed by atoms with Gasteiger partial charge in [-0.15, -0.1) is 0 Å². The molecular formula is C72H80Cl4F12N24O4. The maximum absolute atomic E-state index is 14.5. The number of amides is 4. The molecule has 28 nitrogen and oxygen atoms in total. The van der Waals surface area contributed by atoms with Crippen molar-refractivity contribution < 1.29 is 80.4 Å². The summed E-state index contributed by atoms with van der Waals surface area (Å²) < 4.78 is 158. The minimum atomic E-state index is -4.74. The highest BCUT2D eigenvalue weighted by Crippen LogP contribution is 2.40. The molecule has 2 aliphatic rings. The number of carbonyl (C=O) groups excluding carboxylic acids is 4. The van der Waals surface area contributed by atoms with Crippen molar-refractivity contribution in [2.45, 2.75) is 109 Å². The SMILES string of the molecule is CCNC(=O)C(C)(C)Nc1nc(-c2c[nH]c3ncc(Cl)cc23)ncc1C.Cc1cnc(-c2c[nH]c3ncc(Cl)cc23)nc1NC(C)(C)C(=O)NCCF.O=C(NCC(F)(F)F)[C@H]1CC(F)(F)CN1c1nc(-c2c[nH]c3ncc(Cl)cc23)ncc1F.O=C(NCC(F)(F)F)[C@H]1C[C@H](F)CN1c1nc(-c2c[nH]c3ncc(Cl)cc23)ncc1F.[HH].[HH].[HH].[HH].[HH].[HH]. The number of hydrogen-bond donors (Lipinski definition) is 10. The van der Waals surface area contributed by atoms with E-state index in [1.54, 1.807) is 79.9 Å². The number of carbonyl (C=O) groups is 4. The number of nitrogens with zero attached hydrogens (tertiary/aromatic N) is 14. The van der Waals surface area contributed by atoms with Crippen LogP contribution < -0.4 is 41.7 Å². The van der Waals surface area contributed by atoms with E-state index in [-0.39, 0.29) is 44.4 Å². The van der Waals surface area contributed by atoms with Gasteiger partial charge in [0.05, 0.1) is 45.6 Å². The molecule has 14 heterocycles. The van der Waals surface area contributed by atoms with Crippen LogP contribution in [0.4, 0.5) is 76.0 Å². The number of hydrogen-bond acceptors (Lipinski definition) is 20. The lowest BCUT2D eigenvalue weighted by atomic mass is 10.0. The van der Waals surface area contributed by atoms with Gasteiger partial charge in [-0.2, -0.15) is 26.3 Å². The molecule has 0 radical (unpaired) electrons.